The molecule has 27 heavy (non-hydrogen) atoms. The van der Waals surface area contributed by atoms with Gasteiger partial charge in [0.15, 0.2) is 0 Å². The number of carbonyl (C=O) groups is 1. The summed E-state index contributed by atoms with van der Waals surface area (Å²) in [5.74, 6) is 0.455. The van der Waals surface area contributed by atoms with E-state index >= 15 is 0 Å². The largest absolute Gasteiger partial charge is 0.324 e. The maximum absolute atomic E-state index is 12.7. The number of nitrogens with one attached hydrogen (secondary N) is 2. The molecular weight excluding hydrogens is 336 g/mol. The van der Waals surface area contributed by atoms with Crippen LogP contribution in [0.3, 0.4) is 0 Å². The summed E-state index contributed by atoms with van der Waals surface area (Å²) >= 11 is 0. The van der Waals surface area contributed by atoms with Crippen molar-refractivity contribution in [3.63, 3.8) is 0 Å². The van der Waals surface area contributed by atoms with Crippen LogP contribution in [0.15, 0.2) is 54.7 Å². The Bertz CT molecular complexity index is 966. The minimum atomic E-state index is -0.255. The van der Waals surface area contributed by atoms with Gasteiger partial charge < -0.3 is 10.6 Å². The number of anilines is 3. The van der Waals surface area contributed by atoms with Crippen molar-refractivity contribution in [3.05, 3.63) is 77.1 Å². The summed E-state index contributed by atoms with van der Waals surface area (Å²) in [5, 5.41) is 6.16. The van der Waals surface area contributed by atoms with E-state index in [-0.39, 0.29) is 5.91 Å². The van der Waals surface area contributed by atoms with E-state index < -0.39 is 0 Å². The van der Waals surface area contributed by atoms with Crippen LogP contribution in [0.1, 0.15) is 46.9 Å². The van der Waals surface area contributed by atoms with Gasteiger partial charge in [-0.15, -0.1) is 0 Å². The zero-order chi connectivity index (χ0) is 19.4. The number of aryl methyl sites for hydroxylation is 1. The van der Waals surface area contributed by atoms with Crippen LogP contribution in [-0.4, -0.2) is 15.9 Å². The number of hydrogen-bond donors (Lipinski definition) is 2. The molecular formula is C22H24N4O. The molecule has 0 fully saturated rings. The number of carbonyl (C=O) groups excluding carboxylic acids is 1. The Morgan fingerprint density at radius 3 is 2.48 bits per heavy atom. The lowest BCUT2D eigenvalue weighted by Crippen LogP contribution is -2.16. The van der Waals surface area contributed by atoms with Crippen molar-refractivity contribution in [2.24, 2.45) is 0 Å². The van der Waals surface area contributed by atoms with Crippen molar-refractivity contribution in [2.45, 2.75) is 33.6 Å². The Kier molecular flexibility index (Phi) is 5.50. The molecule has 3 rings (SSSR count). The molecule has 0 atom stereocenters. The molecule has 0 aliphatic rings. The van der Waals surface area contributed by atoms with Gasteiger partial charge in [0.05, 0.1) is 0 Å². The van der Waals surface area contributed by atoms with Crippen LogP contribution in [0.4, 0.5) is 17.3 Å². The van der Waals surface area contributed by atoms with Gasteiger partial charge in [0.2, 0.25) is 5.95 Å². The molecule has 0 saturated heterocycles. The summed E-state index contributed by atoms with van der Waals surface area (Å²) in [5.41, 5.74) is 5.45. The second-order valence-corrected chi connectivity index (χ2v) is 6.83. The number of benzene rings is 2. The number of rotatable bonds is 5. The fourth-order valence-electron chi connectivity index (χ4n) is 2.85. The second-order valence-electron chi connectivity index (χ2n) is 6.83. The highest BCUT2D eigenvalue weighted by Crippen LogP contribution is 2.24. The molecule has 0 saturated carbocycles. The van der Waals surface area contributed by atoms with Crippen molar-refractivity contribution in [3.8, 4) is 0 Å². The predicted molar refractivity (Wildman–Crippen MR) is 110 cm³/mol. The van der Waals surface area contributed by atoms with E-state index in [2.05, 4.69) is 47.4 Å². The molecule has 2 aromatic carbocycles. The lowest BCUT2D eigenvalue weighted by molar-refractivity contribution is 0.102. The Hall–Kier alpha value is -3.21. The molecule has 0 spiro atoms. The number of amides is 1. The molecule has 0 aliphatic heterocycles. The van der Waals surface area contributed by atoms with Gasteiger partial charge in [-0.25, -0.2) is 9.97 Å². The fraction of sp³-hybridized carbons (Fsp3) is 0.227. The quantitative estimate of drug-likeness (QED) is 0.655. The third-order valence-electron chi connectivity index (χ3n) is 4.57. The molecule has 1 aromatic heterocycles. The Morgan fingerprint density at radius 1 is 0.963 bits per heavy atom. The number of nitrogens with zero attached hydrogens (tertiary/aromatic N) is 2. The van der Waals surface area contributed by atoms with Gasteiger partial charge in [-0.2, -0.15) is 0 Å². The van der Waals surface area contributed by atoms with Gasteiger partial charge in [-0.1, -0.05) is 44.2 Å². The van der Waals surface area contributed by atoms with Gasteiger partial charge in [0.1, 0.15) is 5.69 Å². The highest BCUT2D eigenvalue weighted by atomic mass is 16.1. The number of hydrogen-bond acceptors (Lipinski definition) is 4. The molecule has 0 bridgehead atoms. The maximum atomic E-state index is 12.7. The third kappa shape index (κ3) is 4.31. The summed E-state index contributed by atoms with van der Waals surface area (Å²) in [6, 6.07) is 15.4. The normalized spacial score (nSPS) is 10.7. The summed E-state index contributed by atoms with van der Waals surface area (Å²) in [6.45, 7) is 8.29. The SMILES string of the molecule is Cc1cccc(Nc2nccc(C(=O)Nc3ccccc3C(C)C)n2)c1C. The molecule has 3 aromatic rings. The monoisotopic (exact) mass is 360 g/mol. The zero-order valence-corrected chi connectivity index (χ0v) is 16.1. The van der Waals surface area contributed by atoms with Gasteiger partial charge in [0, 0.05) is 17.6 Å². The summed E-state index contributed by atoms with van der Waals surface area (Å²) in [6.07, 6.45) is 1.59. The lowest BCUT2D eigenvalue weighted by atomic mass is 10.0. The molecule has 1 amide bonds. The first kappa shape index (κ1) is 18.6. The molecule has 5 nitrogen and oxygen atoms in total. The minimum absolute atomic E-state index is 0.255. The van der Waals surface area contributed by atoms with Crippen molar-refractivity contribution in [1.82, 2.24) is 9.97 Å². The van der Waals surface area contributed by atoms with E-state index in [0.717, 1.165) is 22.5 Å². The maximum Gasteiger partial charge on any atom is 0.274 e. The Labute approximate surface area is 159 Å². The number of aromatic nitrogens is 2. The van der Waals surface area contributed by atoms with Crippen LogP contribution in [0.5, 0.6) is 0 Å². The molecule has 0 aliphatic carbocycles. The van der Waals surface area contributed by atoms with E-state index in [9.17, 15) is 4.79 Å². The first-order valence-corrected chi connectivity index (χ1v) is 9.02. The van der Waals surface area contributed by atoms with E-state index in [1.807, 2.05) is 43.3 Å². The van der Waals surface area contributed by atoms with Gasteiger partial charge in [0.25, 0.3) is 5.91 Å². The second kappa shape index (κ2) is 7.99. The van der Waals surface area contributed by atoms with Gasteiger partial charge in [-0.05, 0) is 54.7 Å². The average molecular weight is 360 g/mol. The van der Waals surface area contributed by atoms with Crippen LogP contribution < -0.4 is 10.6 Å². The van der Waals surface area contributed by atoms with Gasteiger partial charge in [-0.3, -0.25) is 4.79 Å². The van der Waals surface area contributed by atoms with Crippen LogP contribution in [0.2, 0.25) is 0 Å². The Morgan fingerprint density at radius 2 is 1.70 bits per heavy atom. The first-order chi connectivity index (χ1) is 13.0. The molecule has 1 heterocycles. The summed E-state index contributed by atoms with van der Waals surface area (Å²) < 4.78 is 0. The van der Waals surface area contributed by atoms with Crippen LogP contribution in [0, 0.1) is 13.8 Å². The van der Waals surface area contributed by atoms with Crippen molar-refractivity contribution < 1.29 is 4.79 Å². The minimum Gasteiger partial charge on any atom is -0.324 e. The Balaban J connectivity index is 1.81. The molecule has 0 unspecified atom stereocenters. The summed E-state index contributed by atoms with van der Waals surface area (Å²) in [7, 11) is 0. The fourth-order valence-corrected chi connectivity index (χ4v) is 2.85. The van der Waals surface area contributed by atoms with E-state index in [1.165, 1.54) is 5.56 Å². The molecule has 2 N–H and O–H groups in total. The predicted octanol–water partition coefficient (Wildman–Crippen LogP) is 5.21. The highest BCUT2D eigenvalue weighted by molar-refractivity contribution is 6.03. The first-order valence-electron chi connectivity index (χ1n) is 9.02. The van der Waals surface area contributed by atoms with E-state index in [0.29, 0.717) is 17.6 Å². The van der Waals surface area contributed by atoms with Crippen LogP contribution in [0.25, 0.3) is 0 Å². The molecule has 0 radical (unpaired) electrons. The van der Waals surface area contributed by atoms with Crippen LogP contribution >= 0.6 is 0 Å². The average Bonchev–Trinajstić information content (AvgIpc) is 2.66. The van der Waals surface area contributed by atoms with Crippen molar-refractivity contribution in [1.29, 1.82) is 0 Å². The highest BCUT2D eigenvalue weighted by Gasteiger charge is 2.13. The topological polar surface area (TPSA) is 66.9 Å². The van der Waals surface area contributed by atoms with Crippen molar-refractivity contribution in [2.75, 3.05) is 10.6 Å². The standard InChI is InChI=1S/C22H24N4O/c1-14(2)17-9-5-6-10-19(17)24-21(27)20-12-13-23-22(26-20)25-18-11-7-8-15(3)16(18)4/h5-14H,1-4H3,(H,24,27)(H,23,25,26). The van der Waals surface area contributed by atoms with Crippen LogP contribution in [-0.2, 0) is 0 Å². The molecule has 5 heteroatoms. The number of para-hydroxylation sites is 1. The van der Waals surface area contributed by atoms with E-state index in [1.54, 1.807) is 12.3 Å². The lowest BCUT2D eigenvalue weighted by Gasteiger charge is -2.14. The zero-order valence-electron chi connectivity index (χ0n) is 16.1. The van der Waals surface area contributed by atoms with E-state index in [4.69, 9.17) is 0 Å². The van der Waals surface area contributed by atoms with Gasteiger partial charge >= 0.3 is 0 Å². The molecule has 138 valence electrons. The summed E-state index contributed by atoms with van der Waals surface area (Å²) in [4.78, 5) is 21.3. The van der Waals surface area contributed by atoms with Crippen molar-refractivity contribution >= 4 is 23.2 Å². The third-order valence-corrected chi connectivity index (χ3v) is 4.57. The smallest absolute Gasteiger partial charge is 0.274 e.